The quantitative estimate of drug-likeness (QED) is 0.839. The van der Waals surface area contributed by atoms with Crippen molar-refractivity contribution in [1.29, 1.82) is 0 Å². The number of nitrogens with zero attached hydrogens (tertiary/aromatic N) is 2. The second-order valence-electron chi connectivity index (χ2n) is 8.84. The molecule has 28 heavy (non-hydrogen) atoms. The summed E-state index contributed by atoms with van der Waals surface area (Å²) >= 11 is 1.65. The van der Waals surface area contributed by atoms with Gasteiger partial charge in [-0.05, 0) is 42.5 Å². The van der Waals surface area contributed by atoms with Crippen LogP contribution in [0.2, 0.25) is 0 Å². The predicted molar refractivity (Wildman–Crippen MR) is 116 cm³/mol. The Hall–Kier alpha value is -1.53. The molecule has 1 aromatic rings. The first-order valence-corrected chi connectivity index (χ1v) is 11.5. The summed E-state index contributed by atoms with van der Waals surface area (Å²) in [6.45, 7) is 11.8. The van der Waals surface area contributed by atoms with E-state index in [1.807, 2.05) is 24.3 Å². The van der Waals surface area contributed by atoms with Crippen LogP contribution >= 0.6 is 11.8 Å². The monoisotopic (exact) mass is 403 g/mol. The van der Waals surface area contributed by atoms with Crippen LogP contribution in [-0.4, -0.2) is 65.0 Å². The van der Waals surface area contributed by atoms with Gasteiger partial charge in [-0.3, -0.25) is 9.59 Å². The lowest BCUT2D eigenvalue weighted by Crippen LogP contribution is -2.52. The molecule has 1 aromatic carbocycles. The van der Waals surface area contributed by atoms with Crippen molar-refractivity contribution in [2.45, 2.75) is 58.0 Å². The van der Waals surface area contributed by atoms with Crippen molar-refractivity contribution in [1.82, 2.24) is 15.1 Å². The number of rotatable bonds is 4. The molecule has 154 valence electrons. The molecule has 3 rings (SSSR count). The molecule has 2 saturated heterocycles. The fourth-order valence-electron chi connectivity index (χ4n) is 3.83. The Kier molecular flexibility index (Phi) is 6.71. The number of amides is 2. The van der Waals surface area contributed by atoms with Crippen molar-refractivity contribution in [2.24, 2.45) is 0 Å². The normalized spacial score (nSPS) is 21.7. The van der Waals surface area contributed by atoms with Crippen LogP contribution in [-0.2, 0) is 10.2 Å². The van der Waals surface area contributed by atoms with Gasteiger partial charge in [0.05, 0.1) is 5.88 Å². The Morgan fingerprint density at radius 2 is 1.79 bits per heavy atom. The van der Waals surface area contributed by atoms with Crippen LogP contribution < -0.4 is 5.32 Å². The Balaban J connectivity index is 1.62. The summed E-state index contributed by atoms with van der Waals surface area (Å²) in [5.74, 6) is 1.20. The average Bonchev–Trinajstić information content (AvgIpc) is 3.17. The first-order valence-electron chi connectivity index (χ1n) is 10.3. The Bertz CT molecular complexity index is 691. The first-order chi connectivity index (χ1) is 13.3. The summed E-state index contributed by atoms with van der Waals surface area (Å²) in [4.78, 5) is 30.0. The van der Waals surface area contributed by atoms with Gasteiger partial charge in [0.1, 0.15) is 6.04 Å². The molecule has 0 saturated carbocycles. The van der Waals surface area contributed by atoms with Gasteiger partial charge in [-0.25, -0.2) is 0 Å². The second-order valence-corrected chi connectivity index (χ2v) is 9.83. The van der Waals surface area contributed by atoms with E-state index < -0.39 is 0 Å². The Morgan fingerprint density at radius 3 is 2.36 bits per heavy atom. The van der Waals surface area contributed by atoms with Crippen LogP contribution in [0.4, 0.5) is 0 Å². The van der Waals surface area contributed by atoms with Gasteiger partial charge < -0.3 is 15.1 Å². The number of benzene rings is 1. The highest BCUT2D eigenvalue weighted by atomic mass is 32.2. The molecule has 2 aliphatic rings. The smallest absolute Gasteiger partial charge is 0.255 e. The molecular formula is C22H33N3O2S. The predicted octanol–water partition coefficient (Wildman–Crippen LogP) is 3.10. The van der Waals surface area contributed by atoms with E-state index in [4.69, 9.17) is 0 Å². The maximum absolute atomic E-state index is 13.0. The van der Waals surface area contributed by atoms with Gasteiger partial charge in [0.2, 0.25) is 5.91 Å². The van der Waals surface area contributed by atoms with Gasteiger partial charge in [-0.1, -0.05) is 39.8 Å². The summed E-state index contributed by atoms with van der Waals surface area (Å²) < 4.78 is 0. The molecule has 2 heterocycles. The largest absolute Gasteiger partial charge is 0.351 e. The molecule has 2 fully saturated rings. The van der Waals surface area contributed by atoms with E-state index in [9.17, 15) is 9.59 Å². The molecular weight excluding hydrogens is 370 g/mol. The lowest BCUT2D eigenvalue weighted by Gasteiger charge is -2.32. The van der Waals surface area contributed by atoms with Crippen molar-refractivity contribution in [2.75, 3.05) is 31.3 Å². The highest BCUT2D eigenvalue weighted by Crippen LogP contribution is 2.26. The molecule has 0 spiro atoms. The van der Waals surface area contributed by atoms with Gasteiger partial charge >= 0.3 is 0 Å². The van der Waals surface area contributed by atoms with Crippen molar-refractivity contribution in [3.05, 3.63) is 35.4 Å². The highest BCUT2D eigenvalue weighted by molar-refractivity contribution is 7.99. The zero-order valence-electron chi connectivity index (χ0n) is 17.5. The molecule has 1 N–H and O–H groups in total. The van der Waals surface area contributed by atoms with E-state index in [1.165, 1.54) is 5.56 Å². The van der Waals surface area contributed by atoms with E-state index in [-0.39, 0.29) is 29.3 Å². The third kappa shape index (κ3) is 4.90. The van der Waals surface area contributed by atoms with Crippen molar-refractivity contribution >= 4 is 23.6 Å². The molecule has 1 unspecified atom stereocenters. The molecule has 2 aliphatic heterocycles. The standard InChI is InChI=1S/C22H33N3O2S/c1-5-24-12-10-18(11-13-24)23-20(26)19-14-28-15-25(19)21(27)16-6-8-17(9-7-16)22(2,3)4/h6-9,18-19H,5,10-15H2,1-4H3,(H,23,26). The zero-order valence-corrected chi connectivity index (χ0v) is 18.3. The van der Waals surface area contributed by atoms with Gasteiger partial charge in [-0.15, -0.1) is 11.8 Å². The first kappa shape index (κ1) is 21.2. The molecule has 2 amide bonds. The van der Waals surface area contributed by atoms with Gasteiger partial charge in [0.15, 0.2) is 0 Å². The number of carbonyl (C=O) groups is 2. The van der Waals surface area contributed by atoms with Crippen LogP contribution in [0.1, 0.15) is 56.5 Å². The van der Waals surface area contributed by atoms with Crippen molar-refractivity contribution in [3.63, 3.8) is 0 Å². The minimum atomic E-state index is -0.371. The van der Waals surface area contributed by atoms with Gasteiger partial charge in [0, 0.05) is 30.4 Å². The third-order valence-electron chi connectivity index (χ3n) is 5.82. The maximum atomic E-state index is 13.0. The summed E-state index contributed by atoms with van der Waals surface area (Å²) in [6.07, 6.45) is 1.98. The van der Waals surface area contributed by atoms with Crippen LogP contribution in [0.15, 0.2) is 24.3 Å². The minimum Gasteiger partial charge on any atom is -0.351 e. The SMILES string of the molecule is CCN1CCC(NC(=O)C2CSCN2C(=O)c2ccc(C(C)(C)C)cc2)CC1. The third-order valence-corrected chi connectivity index (χ3v) is 6.84. The molecule has 0 radical (unpaired) electrons. The van der Waals surface area contributed by atoms with Gasteiger partial charge in [0.25, 0.3) is 5.91 Å². The number of nitrogens with one attached hydrogen (secondary N) is 1. The van der Waals surface area contributed by atoms with E-state index in [0.717, 1.165) is 32.5 Å². The molecule has 6 heteroatoms. The lowest BCUT2D eigenvalue weighted by atomic mass is 9.86. The van der Waals surface area contributed by atoms with E-state index in [1.54, 1.807) is 16.7 Å². The summed E-state index contributed by atoms with van der Waals surface area (Å²) in [7, 11) is 0. The van der Waals surface area contributed by atoms with Crippen LogP contribution in [0.5, 0.6) is 0 Å². The molecule has 0 aromatic heterocycles. The van der Waals surface area contributed by atoms with E-state index in [2.05, 4.69) is 37.9 Å². The number of carbonyl (C=O) groups excluding carboxylic acids is 2. The Labute approximate surface area is 173 Å². The number of hydrogen-bond donors (Lipinski definition) is 1. The minimum absolute atomic E-state index is 0.000361. The average molecular weight is 404 g/mol. The molecule has 0 aliphatic carbocycles. The maximum Gasteiger partial charge on any atom is 0.255 e. The lowest BCUT2D eigenvalue weighted by molar-refractivity contribution is -0.125. The second kappa shape index (κ2) is 8.87. The fraction of sp³-hybridized carbons (Fsp3) is 0.636. The zero-order chi connectivity index (χ0) is 20.3. The van der Waals surface area contributed by atoms with Crippen LogP contribution in [0, 0.1) is 0 Å². The van der Waals surface area contributed by atoms with Crippen LogP contribution in [0.3, 0.4) is 0 Å². The van der Waals surface area contributed by atoms with E-state index >= 15 is 0 Å². The number of piperidine rings is 1. The van der Waals surface area contributed by atoms with Crippen LogP contribution in [0.25, 0.3) is 0 Å². The fourth-order valence-corrected chi connectivity index (χ4v) is 4.98. The number of likely N-dealkylation sites (tertiary alicyclic amines) is 1. The summed E-state index contributed by atoms with van der Waals surface area (Å²) in [6, 6.07) is 7.68. The topological polar surface area (TPSA) is 52.7 Å². The number of hydrogen-bond acceptors (Lipinski definition) is 4. The highest BCUT2D eigenvalue weighted by Gasteiger charge is 2.36. The Morgan fingerprint density at radius 1 is 1.14 bits per heavy atom. The van der Waals surface area contributed by atoms with Crippen molar-refractivity contribution in [3.8, 4) is 0 Å². The molecule has 5 nitrogen and oxygen atoms in total. The molecule has 0 bridgehead atoms. The van der Waals surface area contributed by atoms with Crippen molar-refractivity contribution < 1.29 is 9.59 Å². The van der Waals surface area contributed by atoms with E-state index in [0.29, 0.717) is 17.2 Å². The van der Waals surface area contributed by atoms with Gasteiger partial charge in [-0.2, -0.15) is 0 Å². The molecule has 1 atom stereocenters. The summed E-state index contributed by atoms with van der Waals surface area (Å²) in [5, 5.41) is 3.20. The summed E-state index contributed by atoms with van der Waals surface area (Å²) in [5.41, 5.74) is 1.91. The number of thioether (sulfide) groups is 1.